The van der Waals surface area contributed by atoms with E-state index < -0.39 is 11.7 Å². The summed E-state index contributed by atoms with van der Waals surface area (Å²) in [6.45, 7) is 2.02. The number of aromatic nitrogens is 4. The molecular formula is C22H20F3N5O2. The lowest BCUT2D eigenvalue weighted by atomic mass is 9.98. The molecule has 7 nitrogen and oxygen atoms in total. The Morgan fingerprint density at radius 1 is 1.09 bits per heavy atom. The van der Waals surface area contributed by atoms with Gasteiger partial charge in [-0.2, -0.15) is 28.2 Å². The molecule has 2 bridgehead atoms. The van der Waals surface area contributed by atoms with E-state index >= 15 is 0 Å². The lowest BCUT2D eigenvalue weighted by Gasteiger charge is -2.38. The maximum atomic E-state index is 13.6. The Bertz CT molecular complexity index is 1120. The molecule has 1 saturated heterocycles. The van der Waals surface area contributed by atoms with E-state index in [0.29, 0.717) is 11.3 Å². The molecule has 4 atom stereocenters. The number of carbonyl (C=O) groups excluding carboxylic acids is 1. The van der Waals surface area contributed by atoms with Crippen LogP contribution in [0.2, 0.25) is 0 Å². The third-order valence-corrected chi connectivity index (χ3v) is 6.33. The van der Waals surface area contributed by atoms with Crippen LogP contribution in [0.5, 0.6) is 5.88 Å². The van der Waals surface area contributed by atoms with Gasteiger partial charge in [-0.15, -0.1) is 0 Å². The summed E-state index contributed by atoms with van der Waals surface area (Å²) in [5, 5.41) is 8.28. The van der Waals surface area contributed by atoms with Crippen LogP contribution >= 0.6 is 0 Å². The van der Waals surface area contributed by atoms with E-state index in [9.17, 15) is 18.0 Å². The second kappa shape index (κ2) is 7.61. The van der Waals surface area contributed by atoms with Crippen LogP contribution in [0.25, 0.3) is 5.69 Å². The van der Waals surface area contributed by atoms with Crippen LogP contribution in [0.15, 0.2) is 55.0 Å². The zero-order valence-electron chi connectivity index (χ0n) is 17.1. The van der Waals surface area contributed by atoms with Crippen molar-refractivity contribution in [1.82, 2.24) is 24.9 Å². The van der Waals surface area contributed by atoms with Gasteiger partial charge < -0.3 is 9.64 Å². The lowest BCUT2D eigenvalue weighted by Crippen LogP contribution is -2.51. The number of pyridine rings is 1. The van der Waals surface area contributed by atoms with Crippen molar-refractivity contribution >= 4 is 5.91 Å². The monoisotopic (exact) mass is 443 g/mol. The second-order valence-corrected chi connectivity index (χ2v) is 8.13. The normalized spacial score (nSPS) is 24.7. The maximum Gasteiger partial charge on any atom is 0.417 e. The number of para-hydroxylation sites is 1. The third kappa shape index (κ3) is 3.49. The molecule has 3 heterocycles. The number of hydrogen-bond acceptors (Lipinski definition) is 5. The first-order chi connectivity index (χ1) is 15.3. The number of amides is 1. The number of benzene rings is 1. The average molecular weight is 443 g/mol. The minimum atomic E-state index is -4.45. The molecule has 2 aliphatic rings. The average Bonchev–Trinajstić information content (AvgIpc) is 3.50. The second-order valence-electron chi connectivity index (χ2n) is 8.13. The van der Waals surface area contributed by atoms with E-state index in [2.05, 4.69) is 15.2 Å². The van der Waals surface area contributed by atoms with Crippen LogP contribution in [-0.4, -0.2) is 49.0 Å². The Labute approximate surface area is 181 Å². The van der Waals surface area contributed by atoms with E-state index in [4.69, 9.17) is 4.74 Å². The van der Waals surface area contributed by atoms with Crippen molar-refractivity contribution in [2.24, 2.45) is 5.92 Å². The summed E-state index contributed by atoms with van der Waals surface area (Å²) in [5.74, 6) is 0.224. The lowest BCUT2D eigenvalue weighted by molar-refractivity contribution is -0.137. The Balaban J connectivity index is 1.38. The molecule has 0 spiro atoms. The van der Waals surface area contributed by atoms with Crippen molar-refractivity contribution in [2.75, 3.05) is 0 Å². The number of ether oxygens (including phenoxy) is 1. The predicted molar refractivity (Wildman–Crippen MR) is 107 cm³/mol. The smallest absolute Gasteiger partial charge is 0.417 e. The Kier molecular flexibility index (Phi) is 4.87. The van der Waals surface area contributed by atoms with Gasteiger partial charge in [0.1, 0.15) is 6.10 Å². The van der Waals surface area contributed by atoms with Crippen molar-refractivity contribution in [2.45, 2.75) is 44.1 Å². The highest BCUT2D eigenvalue weighted by atomic mass is 19.4. The topological polar surface area (TPSA) is 73.1 Å². The first-order valence-corrected chi connectivity index (χ1v) is 10.3. The van der Waals surface area contributed by atoms with Gasteiger partial charge in [-0.1, -0.05) is 12.1 Å². The highest BCUT2D eigenvalue weighted by Gasteiger charge is 2.53. The number of rotatable bonds is 4. The molecule has 5 rings (SSSR count). The van der Waals surface area contributed by atoms with Gasteiger partial charge in [0.2, 0.25) is 5.88 Å². The van der Waals surface area contributed by atoms with Crippen LogP contribution in [-0.2, 0) is 6.18 Å². The molecule has 10 heteroatoms. The Morgan fingerprint density at radius 3 is 2.50 bits per heavy atom. The van der Waals surface area contributed by atoms with Crippen LogP contribution in [0.1, 0.15) is 35.7 Å². The quantitative estimate of drug-likeness (QED) is 0.614. The molecule has 1 saturated carbocycles. The Morgan fingerprint density at radius 2 is 1.84 bits per heavy atom. The van der Waals surface area contributed by atoms with E-state index in [-0.39, 0.29) is 35.9 Å². The molecule has 1 aromatic carbocycles. The van der Waals surface area contributed by atoms with Crippen molar-refractivity contribution in [3.8, 4) is 11.6 Å². The fraction of sp³-hybridized carbons (Fsp3) is 0.364. The standard InChI is InChI=1S/C22H20F3N5O2/c1-13-14-10-18(19(11-14)32-20-7-6-15(12-26-20)22(23,24)25)29(13)21(31)16-4-2-3-5-17(16)30-27-8-9-28-30/h2-9,12-14,18-19H,10-11H2,1H3/t13-,14+,18-,19+/m0/s1. The summed E-state index contributed by atoms with van der Waals surface area (Å²) in [6.07, 6.45) is 0.570. The molecule has 1 amide bonds. The van der Waals surface area contributed by atoms with Gasteiger partial charge in [-0.05, 0) is 43.9 Å². The van der Waals surface area contributed by atoms with E-state index in [0.717, 1.165) is 25.1 Å². The minimum Gasteiger partial charge on any atom is -0.472 e. The number of likely N-dealkylation sites (tertiary alicyclic amines) is 1. The Hall–Kier alpha value is -3.43. The first kappa shape index (κ1) is 20.5. The minimum absolute atomic E-state index is 0.0200. The van der Waals surface area contributed by atoms with Crippen LogP contribution < -0.4 is 4.74 Å². The first-order valence-electron chi connectivity index (χ1n) is 10.3. The number of hydrogen-bond donors (Lipinski definition) is 0. The van der Waals surface area contributed by atoms with Crippen molar-refractivity contribution in [3.63, 3.8) is 0 Å². The fourth-order valence-corrected chi connectivity index (χ4v) is 4.77. The number of halogens is 3. The zero-order valence-corrected chi connectivity index (χ0v) is 17.1. The number of alkyl halides is 3. The maximum absolute atomic E-state index is 13.6. The van der Waals surface area contributed by atoms with Gasteiger partial charge in [-0.25, -0.2) is 4.98 Å². The summed E-state index contributed by atoms with van der Waals surface area (Å²) in [5.41, 5.74) is 0.237. The number of carbonyl (C=O) groups is 1. The fourth-order valence-electron chi connectivity index (χ4n) is 4.77. The van der Waals surface area contributed by atoms with Crippen LogP contribution in [0.4, 0.5) is 13.2 Å². The van der Waals surface area contributed by atoms with Gasteiger partial charge in [0.25, 0.3) is 5.91 Å². The largest absolute Gasteiger partial charge is 0.472 e. The van der Waals surface area contributed by atoms with Gasteiger partial charge in [0.15, 0.2) is 0 Å². The molecule has 0 radical (unpaired) electrons. The molecule has 2 aromatic heterocycles. The zero-order chi connectivity index (χ0) is 22.5. The van der Waals surface area contributed by atoms with Crippen LogP contribution in [0.3, 0.4) is 0 Å². The van der Waals surface area contributed by atoms with Crippen molar-refractivity contribution < 1.29 is 22.7 Å². The predicted octanol–water partition coefficient (Wildman–Crippen LogP) is 3.75. The summed E-state index contributed by atoms with van der Waals surface area (Å²) < 4.78 is 44.3. The van der Waals surface area contributed by atoms with Crippen molar-refractivity contribution in [1.29, 1.82) is 0 Å². The summed E-state index contributed by atoms with van der Waals surface area (Å²) in [7, 11) is 0. The molecule has 3 aromatic rings. The third-order valence-electron chi connectivity index (χ3n) is 6.33. The SMILES string of the molecule is C[C@H]1[C@H]2C[C@@H](Oc3ccc(C(F)(F)F)cn3)[C@H](C2)N1C(=O)c1ccccc1-n1nccn1. The van der Waals surface area contributed by atoms with E-state index in [1.807, 2.05) is 17.9 Å². The molecule has 2 fully saturated rings. The van der Waals surface area contributed by atoms with Crippen LogP contribution in [0, 0.1) is 5.92 Å². The number of nitrogens with zero attached hydrogens (tertiary/aromatic N) is 5. The van der Waals surface area contributed by atoms with E-state index in [1.165, 1.54) is 10.9 Å². The van der Waals surface area contributed by atoms with Gasteiger partial charge in [0, 0.05) is 18.3 Å². The summed E-state index contributed by atoms with van der Waals surface area (Å²) in [4.78, 5) is 20.6. The highest BCUT2D eigenvalue weighted by molar-refractivity contribution is 5.98. The number of piperidine rings is 1. The summed E-state index contributed by atoms with van der Waals surface area (Å²) >= 11 is 0. The van der Waals surface area contributed by atoms with Gasteiger partial charge in [-0.3, -0.25) is 4.79 Å². The van der Waals surface area contributed by atoms with Gasteiger partial charge in [0.05, 0.1) is 35.2 Å². The molecular weight excluding hydrogens is 423 g/mol. The molecule has 166 valence electrons. The highest BCUT2D eigenvalue weighted by Crippen LogP contribution is 2.44. The van der Waals surface area contributed by atoms with Gasteiger partial charge >= 0.3 is 6.18 Å². The van der Waals surface area contributed by atoms with Crippen molar-refractivity contribution in [3.05, 3.63) is 66.1 Å². The molecule has 0 N–H and O–H groups in total. The molecule has 1 aliphatic heterocycles. The summed E-state index contributed by atoms with van der Waals surface area (Å²) in [6, 6.07) is 9.14. The molecule has 32 heavy (non-hydrogen) atoms. The molecule has 0 unspecified atom stereocenters. The number of fused-ring (bicyclic) bond motifs is 2. The van der Waals surface area contributed by atoms with E-state index in [1.54, 1.807) is 30.6 Å². The molecule has 1 aliphatic carbocycles.